The third-order valence-electron chi connectivity index (χ3n) is 2.83. The van der Waals surface area contributed by atoms with E-state index < -0.39 is 0 Å². The zero-order valence-electron chi connectivity index (χ0n) is 11.7. The molecule has 1 N–H and O–H groups in total. The van der Waals surface area contributed by atoms with Crippen molar-refractivity contribution >= 4 is 17.3 Å². The summed E-state index contributed by atoms with van der Waals surface area (Å²) < 4.78 is 0. The van der Waals surface area contributed by atoms with E-state index in [1.807, 2.05) is 36.2 Å². The van der Waals surface area contributed by atoms with Crippen molar-refractivity contribution in [2.75, 3.05) is 23.8 Å². The van der Waals surface area contributed by atoms with Crippen molar-refractivity contribution < 1.29 is 0 Å². The number of hydrogen-bond acceptors (Lipinski definition) is 4. The molecule has 0 radical (unpaired) electrons. The van der Waals surface area contributed by atoms with Gasteiger partial charge in [0.25, 0.3) is 0 Å². The highest BCUT2D eigenvalue weighted by molar-refractivity contribution is 5.61. The van der Waals surface area contributed by atoms with Crippen LogP contribution in [0, 0.1) is 5.92 Å². The topological polar surface area (TPSA) is 41.0 Å². The third-order valence-corrected chi connectivity index (χ3v) is 2.83. The van der Waals surface area contributed by atoms with E-state index >= 15 is 0 Å². The summed E-state index contributed by atoms with van der Waals surface area (Å²) in [6, 6.07) is 12.1. The Morgan fingerprint density at radius 1 is 1.16 bits per heavy atom. The lowest BCUT2D eigenvalue weighted by atomic mass is 10.2. The molecule has 1 heterocycles. The standard InChI is InChI=1S/C15H20N4/c1-12(2)10-16-14-9-15(18-11-17-14)19(3)13-7-5-4-6-8-13/h4-9,11-12H,10H2,1-3H3,(H,16,17,18). The molecule has 2 aromatic rings. The zero-order chi connectivity index (χ0) is 13.7. The van der Waals surface area contributed by atoms with Crippen LogP contribution >= 0.6 is 0 Å². The number of aromatic nitrogens is 2. The molecule has 100 valence electrons. The van der Waals surface area contributed by atoms with Crippen LogP contribution in [0.3, 0.4) is 0 Å². The van der Waals surface area contributed by atoms with Crippen molar-refractivity contribution in [1.82, 2.24) is 9.97 Å². The summed E-state index contributed by atoms with van der Waals surface area (Å²) in [6.45, 7) is 5.25. The van der Waals surface area contributed by atoms with Crippen LogP contribution in [-0.4, -0.2) is 23.6 Å². The van der Waals surface area contributed by atoms with Gasteiger partial charge >= 0.3 is 0 Å². The quantitative estimate of drug-likeness (QED) is 0.891. The molecule has 0 bridgehead atoms. The van der Waals surface area contributed by atoms with Gasteiger partial charge in [0, 0.05) is 25.3 Å². The van der Waals surface area contributed by atoms with Gasteiger partial charge in [-0.2, -0.15) is 0 Å². The zero-order valence-corrected chi connectivity index (χ0v) is 11.7. The van der Waals surface area contributed by atoms with E-state index in [0.717, 1.165) is 23.9 Å². The van der Waals surface area contributed by atoms with Crippen molar-refractivity contribution in [2.45, 2.75) is 13.8 Å². The molecule has 4 nitrogen and oxygen atoms in total. The highest BCUT2D eigenvalue weighted by Crippen LogP contribution is 2.22. The van der Waals surface area contributed by atoms with E-state index in [1.54, 1.807) is 6.33 Å². The SMILES string of the molecule is CC(C)CNc1cc(N(C)c2ccccc2)ncn1. The summed E-state index contributed by atoms with van der Waals surface area (Å²) in [5.74, 6) is 2.33. The van der Waals surface area contributed by atoms with E-state index in [1.165, 1.54) is 0 Å². The summed E-state index contributed by atoms with van der Waals surface area (Å²) in [7, 11) is 2.00. The van der Waals surface area contributed by atoms with Gasteiger partial charge in [0.1, 0.15) is 18.0 Å². The summed E-state index contributed by atoms with van der Waals surface area (Å²) in [4.78, 5) is 10.6. The molecular weight excluding hydrogens is 236 g/mol. The van der Waals surface area contributed by atoms with Crippen LogP contribution in [0.2, 0.25) is 0 Å². The molecule has 0 aliphatic rings. The molecule has 1 aromatic carbocycles. The van der Waals surface area contributed by atoms with Crippen LogP contribution in [0.4, 0.5) is 17.3 Å². The lowest BCUT2D eigenvalue weighted by Crippen LogP contribution is -2.13. The van der Waals surface area contributed by atoms with Gasteiger partial charge in [0.2, 0.25) is 0 Å². The predicted molar refractivity (Wildman–Crippen MR) is 79.9 cm³/mol. The molecule has 0 atom stereocenters. The molecule has 0 aliphatic heterocycles. The molecule has 4 heteroatoms. The molecule has 19 heavy (non-hydrogen) atoms. The smallest absolute Gasteiger partial charge is 0.138 e. The van der Waals surface area contributed by atoms with Crippen LogP contribution < -0.4 is 10.2 Å². The van der Waals surface area contributed by atoms with Crippen molar-refractivity contribution in [3.05, 3.63) is 42.7 Å². The molecule has 0 amide bonds. The minimum atomic E-state index is 0.588. The average molecular weight is 256 g/mol. The molecule has 0 aliphatic carbocycles. The first-order chi connectivity index (χ1) is 9.16. The minimum absolute atomic E-state index is 0.588. The van der Waals surface area contributed by atoms with Gasteiger partial charge in [-0.3, -0.25) is 0 Å². The van der Waals surface area contributed by atoms with E-state index in [0.29, 0.717) is 5.92 Å². The maximum Gasteiger partial charge on any atom is 0.138 e. The summed E-state index contributed by atoms with van der Waals surface area (Å²) >= 11 is 0. The number of hydrogen-bond donors (Lipinski definition) is 1. The van der Waals surface area contributed by atoms with Crippen LogP contribution in [0.5, 0.6) is 0 Å². The molecular formula is C15H20N4. The lowest BCUT2D eigenvalue weighted by Gasteiger charge is -2.18. The first-order valence-electron chi connectivity index (χ1n) is 6.51. The fourth-order valence-electron chi connectivity index (χ4n) is 1.72. The van der Waals surface area contributed by atoms with Gasteiger partial charge in [-0.15, -0.1) is 0 Å². The number of anilines is 3. The average Bonchev–Trinajstić information content (AvgIpc) is 2.45. The van der Waals surface area contributed by atoms with Crippen LogP contribution in [-0.2, 0) is 0 Å². The van der Waals surface area contributed by atoms with Gasteiger partial charge in [-0.25, -0.2) is 9.97 Å². The van der Waals surface area contributed by atoms with E-state index in [2.05, 4.69) is 41.3 Å². The summed E-state index contributed by atoms with van der Waals surface area (Å²) in [5.41, 5.74) is 1.11. The third kappa shape index (κ3) is 3.68. The second-order valence-corrected chi connectivity index (χ2v) is 4.93. The molecule has 0 saturated heterocycles. The summed E-state index contributed by atoms with van der Waals surface area (Å²) in [6.07, 6.45) is 1.59. The Balaban J connectivity index is 2.14. The molecule has 0 unspecified atom stereocenters. The Morgan fingerprint density at radius 3 is 2.58 bits per heavy atom. The van der Waals surface area contributed by atoms with E-state index in [9.17, 15) is 0 Å². The van der Waals surface area contributed by atoms with Gasteiger partial charge in [-0.05, 0) is 18.1 Å². The van der Waals surface area contributed by atoms with Gasteiger partial charge in [-0.1, -0.05) is 32.0 Å². The molecule has 2 rings (SSSR count). The highest BCUT2D eigenvalue weighted by atomic mass is 15.2. The number of para-hydroxylation sites is 1. The lowest BCUT2D eigenvalue weighted by molar-refractivity contribution is 0.687. The summed E-state index contributed by atoms with van der Waals surface area (Å²) in [5, 5.41) is 3.31. The number of nitrogens with zero attached hydrogens (tertiary/aromatic N) is 3. The minimum Gasteiger partial charge on any atom is -0.370 e. The van der Waals surface area contributed by atoms with Gasteiger partial charge < -0.3 is 10.2 Å². The Hall–Kier alpha value is -2.10. The van der Waals surface area contributed by atoms with Crippen molar-refractivity contribution in [1.29, 1.82) is 0 Å². The Bertz CT molecular complexity index is 511. The maximum atomic E-state index is 4.32. The Morgan fingerprint density at radius 2 is 1.89 bits per heavy atom. The highest BCUT2D eigenvalue weighted by Gasteiger charge is 2.06. The van der Waals surface area contributed by atoms with Crippen LogP contribution in [0.15, 0.2) is 42.7 Å². The van der Waals surface area contributed by atoms with Crippen molar-refractivity contribution in [3.8, 4) is 0 Å². The fraction of sp³-hybridized carbons (Fsp3) is 0.333. The largest absolute Gasteiger partial charge is 0.370 e. The Labute approximate surface area is 114 Å². The van der Waals surface area contributed by atoms with Crippen molar-refractivity contribution in [2.24, 2.45) is 5.92 Å². The predicted octanol–water partition coefficient (Wildman–Crippen LogP) is 3.31. The van der Waals surface area contributed by atoms with E-state index in [-0.39, 0.29) is 0 Å². The normalized spacial score (nSPS) is 10.5. The van der Waals surface area contributed by atoms with Crippen LogP contribution in [0.25, 0.3) is 0 Å². The monoisotopic (exact) mass is 256 g/mol. The first kappa shape index (κ1) is 13.3. The molecule has 1 aromatic heterocycles. The van der Waals surface area contributed by atoms with Gasteiger partial charge in [0.05, 0.1) is 0 Å². The van der Waals surface area contributed by atoms with Crippen LogP contribution in [0.1, 0.15) is 13.8 Å². The Kier molecular flexibility index (Phi) is 4.34. The molecule has 0 saturated carbocycles. The number of rotatable bonds is 5. The maximum absolute atomic E-state index is 4.32. The second kappa shape index (κ2) is 6.18. The first-order valence-corrected chi connectivity index (χ1v) is 6.51. The van der Waals surface area contributed by atoms with Gasteiger partial charge in [0.15, 0.2) is 0 Å². The number of benzene rings is 1. The number of nitrogens with one attached hydrogen (secondary N) is 1. The molecule has 0 fully saturated rings. The van der Waals surface area contributed by atoms with E-state index in [4.69, 9.17) is 0 Å². The van der Waals surface area contributed by atoms with Crippen molar-refractivity contribution in [3.63, 3.8) is 0 Å². The second-order valence-electron chi connectivity index (χ2n) is 4.93. The molecule has 0 spiro atoms. The fourth-order valence-corrected chi connectivity index (χ4v) is 1.72.